The molecule has 0 atom stereocenters. The van der Waals surface area contributed by atoms with Crippen LogP contribution in [0, 0.1) is 0 Å². The molecule has 2 rings (SSSR count). The molecule has 1 spiro atoms. The van der Waals surface area contributed by atoms with Gasteiger partial charge in [-0.15, -0.1) is 0 Å². The van der Waals surface area contributed by atoms with Crippen LogP contribution in [0.3, 0.4) is 0 Å². The number of piperazine rings is 1. The van der Waals surface area contributed by atoms with Gasteiger partial charge in [0.1, 0.15) is 11.1 Å². The lowest BCUT2D eigenvalue weighted by Gasteiger charge is -2.51. The molecule has 0 radical (unpaired) electrons. The lowest BCUT2D eigenvalue weighted by atomic mass is 9.81. The summed E-state index contributed by atoms with van der Waals surface area (Å²) in [6.07, 6.45) is 0.793. The van der Waals surface area contributed by atoms with Crippen LogP contribution < -0.4 is 5.32 Å². The van der Waals surface area contributed by atoms with Gasteiger partial charge in [-0.3, -0.25) is 9.59 Å². The molecule has 4 nitrogen and oxygen atoms in total. The predicted molar refractivity (Wildman–Crippen MR) is 70.4 cm³/mol. The fraction of sp³-hybridized carbons (Fsp3) is 0.857. The van der Waals surface area contributed by atoms with Crippen molar-refractivity contribution in [3.8, 4) is 0 Å². The van der Waals surface area contributed by atoms with Gasteiger partial charge in [0, 0.05) is 0 Å². The summed E-state index contributed by atoms with van der Waals surface area (Å²) in [7, 11) is 0. The van der Waals surface area contributed by atoms with E-state index in [1.54, 1.807) is 13.8 Å². The molecular weight excluding hydrogens is 266 g/mol. The molecular formula is C14H22F2N2O2. The van der Waals surface area contributed by atoms with Crippen LogP contribution in [0.4, 0.5) is 8.78 Å². The average Bonchev–Trinajstić information content (AvgIpc) is 2.90. The van der Waals surface area contributed by atoms with Gasteiger partial charge in [-0.1, -0.05) is 26.7 Å². The molecule has 0 bridgehead atoms. The third-order valence-corrected chi connectivity index (χ3v) is 4.91. The van der Waals surface area contributed by atoms with Crippen LogP contribution in [-0.2, 0) is 9.59 Å². The summed E-state index contributed by atoms with van der Waals surface area (Å²) in [5.74, 6) is -0.594. The highest BCUT2D eigenvalue weighted by Crippen LogP contribution is 2.41. The zero-order valence-electron chi connectivity index (χ0n) is 12.0. The molecule has 20 heavy (non-hydrogen) atoms. The van der Waals surface area contributed by atoms with E-state index in [2.05, 4.69) is 5.32 Å². The molecule has 1 saturated heterocycles. The Morgan fingerprint density at radius 1 is 1.20 bits per heavy atom. The third kappa shape index (κ3) is 2.09. The number of alkyl halides is 2. The van der Waals surface area contributed by atoms with Crippen LogP contribution in [0.5, 0.6) is 0 Å². The number of rotatable bonds is 4. The molecule has 114 valence electrons. The summed E-state index contributed by atoms with van der Waals surface area (Å²) >= 11 is 0. The Balaban J connectivity index is 2.41. The fourth-order valence-corrected chi connectivity index (χ4v) is 3.54. The Morgan fingerprint density at radius 2 is 1.75 bits per heavy atom. The molecule has 2 aliphatic rings. The maximum absolute atomic E-state index is 12.9. The van der Waals surface area contributed by atoms with Crippen LogP contribution >= 0.6 is 0 Å². The Labute approximate surface area is 117 Å². The molecule has 0 aromatic carbocycles. The molecule has 0 aromatic heterocycles. The number of halogens is 2. The van der Waals surface area contributed by atoms with Gasteiger partial charge in [-0.25, -0.2) is 8.78 Å². The first kappa shape index (κ1) is 15.2. The minimum absolute atomic E-state index is 0.251. The first-order chi connectivity index (χ1) is 9.42. The molecule has 1 aliphatic carbocycles. The largest absolute Gasteiger partial charge is 0.340 e. The van der Waals surface area contributed by atoms with Crippen molar-refractivity contribution in [2.24, 2.45) is 0 Å². The monoisotopic (exact) mass is 288 g/mol. The second kappa shape index (κ2) is 5.30. The van der Waals surface area contributed by atoms with Gasteiger partial charge in [0.15, 0.2) is 0 Å². The average molecular weight is 288 g/mol. The molecule has 0 aromatic rings. The smallest absolute Gasteiger partial charge is 0.255 e. The van der Waals surface area contributed by atoms with E-state index in [4.69, 9.17) is 0 Å². The number of carbonyl (C=O) groups is 2. The van der Waals surface area contributed by atoms with Crippen LogP contribution in [0.1, 0.15) is 52.4 Å². The number of carbonyl (C=O) groups excluding carboxylic acids is 2. The van der Waals surface area contributed by atoms with E-state index in [9.17, 15) is 18.4 Å². The second-order valence-corrected chi connectivity index (χ2v) is 5.79. The normalized spacial score (nSPS) is 24.6. The van der Waals surface area contributed by atoms with E-state index in [1.807, 2.05) is 0 Å². The van der Waals surface area contributed by atoms with Crippen LogP contribution in [0.25, 0.3) is 0 Å². The Morgan fingerprint density at radius 3 is 2.20 bits per heavy atom. The maximum Gasteiger partial charge on any atom is 0.255 e. The van der Waals surface area contributed by atoms with Crippen molar-refractivity contribution in [3.63, 3.8) is 0 Å². The van der Waals surface area contributed by atoms with Crippen LogP contribution in [0.15, 0.2) is 0 Å². The van der Waals surface area contributed by atoms with E-state index >= 15 is 0 Å². The summed E-state index contributed by atoms with van der Waals surface area (Å²) in [5.41, 5.74) is -2.05. The molecule has 1 saturated carbocycles. The predicted octanol–water partition coefficient (Wildman–Crippen LogP) is 2.08. The van der Waals surface area contributed by atoms with Gasteiger partial charge in [0.05, 0.1) is 6.54 Å². The highest BCUT2D eigenvalue weighted by molar-refractivity contribution is 6.02. The molecule has 1 aliphatic heterocycles. The van der Waals surface area contributed by atoms with Crippen molar-refractivity contribution >= 4 is 11.8 Å². The first-order valence-corrected chi connectivity index (χ1v) is 7.34. The maximum atomic E-state index is 12.9. The Kier molecular flexibility index (Phi) is 4.02. The minimum atomic E-state index is -2.62. The molecule has 0 unspecified atom stereocenters. The zero-order chi connectivity index (χ0) is 15.0. The summed E-state index contributed by atoms with van der Waals surface area (Å²) in [5, 5.41) is 2.84. The summed E-state index contributed by atoms with van der Waals surface area (Å²) in [6, 6.07) is 0. The number of hydrogen-bond donors (Lipinski definition) is 1. The van der Waals surface area contributed by atoms with Gasteiger partial charge >= 0.3 is 0 Å². The quantitative estimate of drug-likeness (QED) is 0.861. The lowest BCUT2D eigenvalue weighted by molar-refractivity contribution is -0.166. The van der Waals surface area contributed by atoms with Gasteiger partial charge in [-0.05, 0) is 25.7 Å². The van der Waals surface area contributed by atoms with Crippen molar-refractivity contribution in [1.82, 2.24) is 10.2 Å². The number of amides is 2. The zero-order valence-corrected chi connectivity index (χ0v) is 12.0. The van der Waals surface area contributed by atoms with Crippen molar-refractivity contribution in [2.75, 3.05) is 6.54 Å². The Hall–Kier alpha value is -1.20. The molecule has 2 amide bonds. The third-order valence-electron chi connectivity index (χ3n) is 4.91. The molecule has 1 N–H and O–H groups in total. The number of nitrogens with one attached hydrogen (secondary N) is 1. The van der Waals surface area contributed by atoms with Crippen LogP contribution in [0.2, 0.25) is 0 Å². The minimum Gasteiger partial charge on any atom is -0.340 e. The molecule has 6 heteroatoms. The first-order valence-electron chi connectivity index (χ1n) is 7.34. The van der Waals surface area contributed by atoms with Gasteiger partial charge in [0.2, 0.25) is 11.8 Å². The standard InChI is InChI=1S/C14H22F2N2O2/c1-3-13(4-2)12(20)18(9-10(15)16)14(11(19)17-13)7-5-6-8-14/h10H,3-9H2,1-2H3,(H,17,19). The number of hydrogen-bond acceptors (Lipinski definition) is 2. The highest BCUT2D eigenvalue weighted by atomic mass is 19.3. The Bertz CT molecular complexity index is 402. The van der Waals surface area contributed by atoms with Crippen molar-refractivity contribution in [3.05, 3.63) is 0 Å². The van der Waals surface area contributed by atoms with Crippen molar-refractivity contribution in [2.45, 2.75) is 69.9 Å². The molecule has 1 heterocycles. The fourth-order valence-electron chi connectivity index (χ4n) is 3.54. The number of nitrogens with zero attached hydrogens (tertiary/aromatic N) is 1. The molecule has 2 fully saturated rings. The van der Waals surface area contributed by atoms with E-state index < -0.39 is 24.0 Å². The van der Waals surface area contributed by atoms with Crippen molar-refractivity contribution < 1.29 is 18.4 Å². The van der Waals surface area contributed by atoms with Crippen LogP contribution in [-0.4, -0.2) is 40.8 Å². The highest BCUT2D eigenvalue weighted by Gasteiger charge is 2.58. The van der Waals surface area contributed by atoms with E-state index in [-0.39, 0.29) is 11.8 Å². The summed E-state index contributed by atoms with van der Waals surface area (Å²) < 4.78 is 25.8. The van der Waals surface area contributed by atoms with Gasteiger partial charge in [-0.2, -0.15) is 0 Å². The second-order valence-electron chi connectivity index (χ2n) is 5.79. The SMILES string of the molecule is CCC1(CC)NC(=O)C2(CCCC2)N(CC(F)F)C1=O. The van der Waals surface area contributed by atoms with Gasteiger partial charge < -0.3 is 10.2 Å². The lowest BCUT2D eigenvalue weighted by Crippen LogP contribution is -2.75. The van der Waals surface area contributed by atoms with Gasteiger partial charge in [0.25, 0.3) is 6.43 Å². The summed E-state index contributed by atoms with van der Waals surface area (Å²) in [4.78, 5) is 26.4. The van der Waals surface area contributed by atoms with E-state index in [1.165, 1.54) is 4.90 Å². The van der Waals surface area contributed by atoms with E-state index in [0.717, 1.165) is 12.8 Å². The topological polar surface area (TPSA) is 49.4 Å². The summed E-state index contributed by atoms with van der Waals surface area (Å²) in [6.45, 7) is 2.96. The van der Waals surface area contributed by atoms with Crippen molar-refractivity contribution in [1.29, 1.82) is 0 Å². The van der Waals surface area contributed by atoms with E-state index in [0.29, 0.717) is 25.7 Å².